The number of sulfone groups is 1. The first kappa shape index (κ1) is 19.8. The molecule has 6 nitrogen and oxygen atoms in total. The second-order valence-electron chi connectivity index (χ2n) is 5.69. The zero-order chi connectivity index (χ0) is 18.6. The molecule has 0 aromatic heterocycles. The molecule has 0 bridgehead atoms. The Morgan fingerprint density at radius 1 is 1.32 bits per heavy atom. The van der Waals surface area contributed by atoms with Crippen molar-refractivity contribution in [3.8, 4) is 0 Å². The summed E-state index contributed by atoms with van der Waals surface area (Å²) in [4.78, 5) is 23.7. The summed E-state index contributed by atoms with van der Waals surface area (Å²) in [5.41, 5.74) is 0.652. The van der Waals surface area contributed by atoms with E-state index in [4.69, 9.17) is 27.9 Å². The van der Waals surface area contributed by atoms with Gasteiger partial charge in [0.2, 0.25) is 0 Å². The van der Waals surface area contributed by atoms with Crippen LogP contribution >= 0.6 is 23.2 Å². The smallest absolute Gasteiger partial charge is 0.331 e. The molecule has 0 spiro atoms. The van der Waals surface area contributed by atoms with E-state index in [2.05, 4.69) is 5.32 Å². The summed E-state index contributed by atoms with van der Waals surface area (Å²) in [6.07, 6.45) is 1.99. The maximum Gasteiger partial charge on any atom is 0.331 e. The first-order valence-corrected chi connectivity index (χ1v) is 10.1. The van der Waals surface area contributed by atoms with Crippen LogP contribution in [0.3, 0.4) is 0 Å². The molecule has 9 heteroatoms. The molecule has 136 valence electrons. The molecule has 1 aliphatic heterocycles. The van der Waals surface area contributed by atoms with Crippen molar-refractivity contribution in [1.29, 1.82) is 0 Å². The van der Waals surface area contributed by atoms with E-state index in [0.717, 1.165) is 0 Å². The average Bonchev–Trinajstić information content (AvgIpc) is 2.87. The maximum absolute atomic E-state index is 12.0. The predicted octanol–water partition coefficient (Wildman–Crippen LogP) is 2.24. The van der Waals surface area contributed by atoms with Crippen molar-refractivity contribution in [2.24, 2.45) is 0 Å². The van der Waals surface area contributed by atoms with Gasteiger partial charge in [-0.3, -0.25) is 4.79 Å². The van der Waals surface area contributed by atoms with E-state index in [9.17, 15) is 18.0 Å². The molecule has 1 aromatic carbocycles. The fourth-order valence-electron chi connectivity index (χ4n) is 2.27. The maximum atomic E-state index is 12.0. The molecule has 25 heavy (non-hydrogen) atoms. The Hall–Kier alpha value is -1.57. The highest BCUT2D eigenvalue weighted by Gasteiger charge is 2.30. The van der Waals surface area contributed by atoms with Crippen LogP contribution in [0.4, 0.5) is 0 Å². The summed E-state index contributed by atoms with van der Waals surface area (Å²) in [6, 6.07) is 4.42. The highest BCUT2D eigenvalue weighted by molar-refractivity contribution is 7.91. The quantitative estimate of drug-likeness (QED) is 0.599. The monoisotopic (exact) mass is 405 g/mol. The molecule has 2 atom stereocenters. The number of esters is 1. The molecule has 0 aliphatic carbocycles. The number of carbonyl (C=O) groups excluding carboxylic acids is 2. The van der Waals surface area contributed by atoms with Gasteiger partial charge in [-0.2, -0.15) is 0 Å². The van der Waals surface area contributed by atoms with Crippen LogP contribution in [0.2, 0.25) is 10.0 Å². The molecular formula is C16H17Cl2NO5S. The number of nitrogens with one attached hydrogen (secondary N) is 1. The highest BCUT2D eigenvalue weighted by Crippen LogP contribution is 2.23. The number of benzene rings is 1. The fourth-order valence-corrected chi connectivity index (χ4v) is 4.25. The molecule has 0 unspecified atom stereocenters. The minimum atomic E-state index is -3.09. The Labute approximate surface area is 156 Å². The van der Waals surface area contributed by atoms with Crippen LogP contribution in [0.5, 0.6) is 0 Å². The van der Waals surface area contributed by atoms with Crippen LogP contribution in [-0.2, 0) is 24.2 Å². The van der Waals surface area contributed by atoms with Gasteiger partial charge >= 0.3 is 5.97 Å². The van der Waals surface area contributed by atoms with Crippen molar-refractivity contribution in [2.45, 2.75) is 25.5 Å². The Morgan fingerprint density at radius 3 is 2.64 bits per heavy atom. The Balaban J connectivity index is 1.85. The molecule has 1 aliphatic rings. The van der Waals surface area contributed by atoms with Gasteiger partial charge in [-0.05, 0) is 37.1 Å². The summed E-state index contributed by atoms with van der Waals surface area (Å²) in [5.74, 6) is -1.26. The molecule has 0 saturated carbocycles. The van der Waals surface area contributed by atoms with E-state index in [-0.39, 0.29) is 11.5 Å². The summed E-state index contributed by atoms with van der Waals surface area (Å²) >= 11 is 11.7. The third kappa shape index (κ3) is 6.02. The van der Waals surface area contributed by atoms with E-state index >= 15 is 0 Å². The van der Waals surface area contributed by atoms with Gasteiger partial charge in [0, 0.05) is 12.1 Å². The lowest BCUT2D eigenvalue weighted by molar-refractivity contribution is -0.150. The highest BCUT2D eigenvalue weighted by atomic mass is 35.5. The number of ether oxygens (including phenoxy) is 1. The van der Waals surface area contributed by atoms with Gasteiger partial charge in [0.1, 0.15) is 0 Å². The van der Waals surface area contributed by atoms with E-state index < -0.39 is 33.9 Å². The van der Waals surface area contributed by atoms with Crippen LogP contribution in [-0.4, -0.2) is 43.9 Å². The minimum Gasteiger partial charge on any atom is -0.449 e. The van der Waals surface area contributed by atoms with Crippen LogP contribution < -0.4 is 5.32 Å². The van der Waals surface area contributed by atoms with Gasteiger partial charge < -0.3 is 10.1 Å². The van der Waals surface area contributed by atoms with Crippen molar-refractivity contribution in [3.63, 3.8) is 0 Å². The largest absolute Gasteiger partial charge is 0.449 e. The molecule has 0 radical (unpaired) electrons. The fraction of sp³-hybridized carbons (Fsp3) is 0.375. The third-order valence-corrected chi connectivity index (χ3v) is 6.10. The molecular weight excluding hydrogens is 389 g/mol. The Kier molecular flexibility index (Phi) is 6.48. The summed E-state index contributed by atoms with van der Waals surface area (Å²) in [7, 11) is -3.09. The zero-order valence-electron chi connectivity index (χ0n) is 13.4. The van der Waals surface area contributed by atoms with Gasteiger partial charge in [-0.1, -0.05) is 29.3 Å². The number of carbonyl (C=O) groups is 2. The van der Waals surface area contributed by atoms with Gasteiger partial charge in [-0.15, -0.1) is 0 Å². The van der Waals surface area contributed by atoms with Gasteiger partial charge in [0.25, 0.3) is 5.91 Å². The molecule has 1 amide bonds. The lowest BCUT2D eigenvalue weighted by Crippen LogP contribution is -2.42. The molecule has 2 rings (SSSR count). The van der Waals surface area contributed by atoms with Gasteiger partial charge in [-0.25, -0.2) is 13.2 Å². The number of hydrogen-bond donors (Lipinski definition) is 1. The SMILES string of the molecule is C[C@H](OC(=O)/C=C/c1ccc(Cl)c(Cl)c1)C(=O)N[C@@H]1CCS(=O)(=O)C1. The molecule has 1 heterocycles. The Morgan fingerprint density at radius 2 is 2.04 bits per heavy atom. The van der Waals surface area contributed by atoms with Crippen molar-refractivity contribution in [3.05, 3.63) is 39.9 Å². The van der Waals surface area contributed by atoms with Crippen LogP contribution in [0, 0.1) is 0 Å². The predicted molar refractivity (Wildman–Crippen MR) is 96.3 cm³/mol. The molecule has 1 fully saturated rings. The molecule has 1 aromatic rings. The van der Waals surface area contributed by atoms with E-state index in [1.54, 1.807) is 18.2 Å². The second kappa shape index (κ2) is 8.21. The normalized spacial score (nSPS) is 20.4. The summed E-state index contributed by atoms with van der Waals surface area (Å²) in [5, 5.41) is 3.34. The number of amides is 1. The third-order valence-electron chi connectivity index (χ3n) is 3.60. The van der Waals surface area contributed by atoms with Crippen LogP contribution in [0.1, 0.15) is 18.9 Å². The zero-order valence-corrected chi connectivity index (χ0v) is 15.7. The number of halogens is 2. The summed E-state index contributed by atoms with van der Waals surface area (Å²) < 4.78 is 27.7. The van der Waals surface area contributed by atoms with Gasteiger partial charge in [0.15, 0.2) is 15.9 Å². The first-order valence-electron chi connectivity index (χ1n) is 7.51. The van der Waals surface area contributed by atoms with Crippen molar-refractivity contribution >= 4 is 51.0 Å². The van der Waals surface area contributed by atoms with E-state index in [1.165, 1.54) is 19.1 Å². The first-order chi connectivity index (χ1) is 11.7. The Bertz CT molecular complexity index is 807. The number of hydrogen-bond acceptors (Lipinski definition) is 5. The van der Waals surface area contributed by atoms with E-state index in [0.29, 0.717) is 22.0 Å². The molecule has 1 N–H and O–H groups in total. The topological polar surface area (TPSA) is 89.5 Å². The van der Waals surface area contributed by atoms with Crippen LogP contribution in [0.15, 0.2) is 24.3 Å². The lowest BCUT2D eigenvalue weighted by atomic mass is 10.2. The second-order valence-corrected chi connectivity index (χ2v) is 8.74. The average molecular weight is 406 g/mol. The number of rotatable bonds is 5. The van der Waals surface area contributed by atoms with Crippen molar-refractivity contribution in [1.82, 2.24) is 5.32 Å². The van der Waals surface area contributed by atoms with Crippen LogP contribution in [0.25, 0.3) is 6.08 Å². The molecule has 1 saturated heterocycles. The minimum absolute atomic E-state index is 0.0541. The van der Waals surface area contributed by atoms with Gasteiger partial charge in [0.05, 0.1) is 21.6 Å². The lowest BCUT2D eigenvalue weighted by Gasteiger charge is -2.15. The standard InChI is InChI=1S/C16H17Cl2NO5S/c1-10(16(21)19-12-6-7-25(22,23)9-12)24-15(20)5-3-11-2-4-13(17)14(18)8-11/h2-5,8,10,12H,6-7,9H2,1H3,(H,19,21)/b5-3+/t10-,12+/m0/s1. The van der Waals surface area contributed by atoms with E-state index in [1.807, 2.05) is 0 Å². The van der Waals surface area contributed by atoms with Crippen molar-refractivity contribution in [2.75, 3.05) is 11.5 Å². The van der Waals surface area contributed by atoms with Crippen molar-refractivity contribution < 1.29 is 22.7 Å². The summed E-state index contributed by atoms with van der Waals surface area (Å²) in [6.45, 7) is 1.42.